The largest absolute Gasteiger partial charge is 0.393 e. The quantitative estimate of drug-likeness (QED) is 0.714. The highest BCUT2D eigenvalue weighted by Gasteiger charge is 2.65. The Morgan fingerprint density at radius 3 is 2.57 bits per heavy atom. The summed E-state index contributed by atoms with van der Waals surface area (Å²) in [6.07, 6.45) is 10.4. The summed E-state index contributed by atoms with van der Waals surface area (Å²) in [5.41, 5.74) is 1.80. The monoisotopic (exact) mass is 390 g/mol. The van der Waals surface area contributed by atoms with Gasteiger partial charge in [-0.2, -0.15) is 0 Å². The van der Waals surface area contributed by atoms with Crippen molar-refractivity contribution >= 4 is 0 Å². The van der Waals surface area contributed by atoms with Crippen molar-refractivity contribution < 1.29 is 19.3 Å². The van der Waals surface area contributed by atoms with E-state index in [9.17, 15) is 5.11 Å². The summed E-state index contributed by atoms with van der Waals surface area (Å²) in [5.74, 6) is 1.54. The Bertz CT molecular complexity index is 653. The molecule has 158 valence electrons. The van der Waals surface area contributed by atoms with Crippen LogP contribution in [-0.2, 0) is 14.2 Å². The van der Waals surface area contributed by atoms with Crippen LogP contribution in [0, 0.1) is 34.5 Å². The summed E-state index contributed by atoms with van der Waals surface area (Å²) < 4.78 is 17.9. The van der Waals surface area contributed by atoms with Gasteiger partial charge in [-0.25, -0.2) is 0 Å². The fraction of sp³-hybridized carbons (Fsp3) is 0.917. The maximum atomic E-state index is 11.5. The molecule has 0 bridgehead atoms. The van der Waals surface area contributed by atoms with Gasteiger partial charge in [-0.05, 0) is 80.5 Å². The summed E-state index contributed by atoms with van der Waals surface area (Å²) in [5, 5.41) is 11.5. The molecule has 0 aromatic carbocycles. The van der Waals surface area contributed by atoms with Crippen LogP contribution in [0.3, 0.4) is 0 Å². The van der Waals surface area contributed by atoms with Crippen LogP contribution in [0.5, 0.6) is 0 Å². The molecule has 1 saturated heterocycles. The van der Waals surface area contributed by atoms with E-state index in [0.29, 0.717) is 43.0 Å². The fourth-order valence-electron chi connectivity index (χ4n) is 8.55. The molecule has 4 heteroatoms. The molecule has 1 heterocycles. The molecule has 4 fully saturated rings. The first kappa shape index (κ1) is 19.5. The zero-order valence-electron chi connectivity index (χ0n) is 18.1. The average Bonchev–Trinajstić information content (AvgIpc) is 3.24. The number of allylic oxidation sites excluding steroid dienone is 1. The van der Waals surface area contributed by atoms with E-state index in [-0.39, 0.29) is 16.9 Å². The Hall–Kier alpha value is -0.420. The van der Waals surface area contributed by atoms with Crippen molar-refractivity contribution in [3.8, 4) is 0 Å². The van der Waals surface area contributed by atoms with Crippen LogP contribution < -0.4 is 0 Å². The summed E-state index contributed by atoms with van der Waals surface area (Å²) in [6.45, 7) is 8.40. The molecule has 8 unspecified atom stereocenters. The number of fused-ring (bicyclic) bond motifs is 5. The number of rotatable bonds is 2. The maximum Gasteiger partial charge on any atom is 0.169 e. The van der Waals surface area contributed by atoms with Gasteiger partial charge in [0.25, 0.3) is 0 Å². The van der Waals surface area contributed by atoms with Gasteiger partial charge < -0.3 is 19.3 Å². The lowest BCUT2D eigenvalue weighted by atomic mass is 9.46. The van der Waals surface area contributed by atoms with Gasteiger partial charge in [0.1, 0.15) is 0 Å². The van der Waals surface area contributed by atoms with E-state index in [4.69, 9.17) is 14.2 Å². The summed E-state index contributed by atoms with van der Waals surface area (Å²) in [6, 6.07) is 0. The standard InChI is InChI=1S/C24H38O4/c1-22-10-9-16(26-4)13-15(22)5-6-17-18-7-8-20(24(3)27-11-12-28-24)23(18,2)14-19(25)21(17)22/h5,16-21,25H,6-14H2,1-4H3. The van der Waals surface area contributed by atoms with Gasteiger partial charge in [0, 0.05) is 13.0 Å². The molecule has 0 spiro atoms. The zero-order valence-corrected chi connectivity index (χ0v) is 18.1. The molecule has 4 nitrogen and oxygen atoms in total. The lowest BCUT2D eigenvalue weighted by Gasteiger charge is -2.60. The van der Waals surface area contributed by atoms with Crippen LogP contribution in [0.25, 0.3) is 0 Å². The van der Waals surface area contributed by atoms with E-state index in [2.05, 4.69) is 26.8 Å². The van der Waals surface area contributed by atoms with Crippen molar-refractivity contribution in [2.75, 3.05) is 20.3 Å². The lowest BCUT2D eigenvalue weighted by molar-refractivity contribution is -0.223. The summed E-state index contributed by atoms with van der Waals surface area (Å²) >= 11 is 0. The highest BCUT2D eigenvalue weighted by atomic mass is 16.7. The van der Waals surface area contributed by atoms with Crippen LogP contribution in [0.15, 0.2) is 11.6 Å². The molecule has 0 aromatic rings. The number of ether oxygens (including phenoxy) is 3. The van der Waals surface area contributed by atoms with Crippen molar-refractivity contribution in [3.05, 3.63) is 11.6 Å². The number of aliphatic hydroxyl groups is 1. The first-order valence-corrected chi connectivity index (χ1v) is 11.5. The molecule has 5 rings (SSSR count). The molecule has 1 aliphatic heterocycles. The normalized spacial score (nSPS) is 52.5. The first-order chi connectivity index (χ1) is 13.3. The van der Waals surface area contributed by atoms with E-state index in [1.54, 1.807) is 5.57 Å². The minimum absolute atomic E-state index is 0.102. The Morgan fingerprint density at radius 2 is 1.86 bits per heavy atom. The number of hydrogen-bond acceptors (Lipinski definition) is 4. The second-order valence-corrected chi connectivity index (χ2v) is 10.9. The van der Waals surface area contributed by atoms with Crippen molar-refractivity contribution in [2.24, 2.45) is 34.5 Å². The van der Waals surface area contributed by atoms with Crippen molar-refractivity contribution in [2.45, 2.75) is 83.7 Å². The van der Waals surface area contributed by atoms with Crippen molar-refractivity contribution in [3.63, 3.8) is 0 Å². The van der Waals surface area contributed by atoms with Crippen LogP contribution in [0.4, 0.5) is 0 Å². The third-order valence-electron chi connectivity index (χ3n) is 9.82. The SMILES string of the molecule is COC1CCC2(C)C(=CCC3C2C(O)CC2(C)C3CCC2C2(C)OCCO2)C1. The van der Waals surface area contributed by atoms with Gasteiger partial charge in [-0.3, -0.25) is 0 Å². The molecule has 5 aliphatic rings. The van der Waals surface area contributed by atoms with E-state index in [1.165, 1.54) is 6.42 Å². The van der Waals surface area contributed by atoms with Crippen LogP contribution in [0.1, 0.15) is 65.7 Å². The number of hydrogen-bond donors (Lipinski definition) is 1. The van der Waals surface area contributed by atoms with Crippen LogP contribution >= 0.6 is 0 Å². The molecule has 0 aromatic heterocycles. The van der Waals surface area contributed by atoms with Crippen molar-refractivity contribution in [1.82, 2.24) is 0 Å². The number of methoxy groups -OCH3 is 1. The van der Waals surface area contributed by atoms with Crippen molar-refractivity contribution in [1.29, 1.82) is 0 Å². The second kappa shape index (κ2) is 6.54. The van der Waals surface area contributed by atoms with Crippen LogP contribution in [-0.4, -0.2) is 43.4 Å². The smallest absolute Gasteiger partial charge is 0.169 e. The molecular weight excluding hydrogens is 352 g/mol. The predicted octanol–water partition coefficient (Wildman–Crippen LogP) is 4.31. The Kier molecular flexibility index (Phi) is 4.56. The Balaban J connectivity index is 1.47. The van der Waals surface area contributed by atoms with E-state index in [1.807, 2.05) is 7.11 Å². The topological polar surface area (TPSA) is 47.9 Å². The highest BCUT2D eigenvalue weighted by Crippen LogP contribution is 2.68. The fourth-order valence-corrected chi connectivity index (χ4v) is 8.55. The van der Waals surface area contributed by atoms with E-state index in [0.717, 1.165) is 38.5 Å². The third-order valence-corrected chi connectivity index (χ3v) is 9.82. The van der Waals surface area contributed by atoms with Gasteiger partial charge >= 0.3 is 0 Å². The highest BCUT2D eigenvalue weighted by molar-refractivity contribution is 5.27. The van der Waals surface area contributed by atoms with Gasteiger partial charge in [0.2, 0.25) is 0 Å². The minimum atomic E-state index is -0.466. The van der Waals surface area contributed by atoms with Gasteiger partial charge in [-0.1, -0.05) is 25.5 Å². The second-order valence-electron chi connectivity index (χ2n) is 10.9. The van der Waals surface area contributed by atoms with Gasteiger partial charge in [0.15, 0.2) is 5.79 Å². The minimum Gasteiger partial charge on any atom is -0.393 e. The molecule has 0 amide bonds. The lowest BCUT2D eigenvalue weighted by Crippen LogP contribution is -2.58. The molecule has 0 radical (unpaired) electrons. The predicted molar refractivity (Wildman–Crippen MR) is 108 cm³/mol. The molecule has 4 aliphatic carbocycles. The molecule has 28 heavy (non-hydrogen) atoms. The van der Waals surface area contributed by atoms with Gasteiger partial charge in [-0.15, -0.1) is 0 Å². The molecule has 1 N–H and O–H groups in total. The zero-order chi connectivity index (χ0) is 19.7. The van der Waals surface area contributed by atoms with Gasteiger partial charge in [0.05, 0.1) is 25.4 Å². The van der Waals surface area contributed by atoms with E-state index < -0.39 is 5.79 Å². The Morgan fingerprint density at radius 1 is 1.11 bits per heavy atom. The molecular formula is C24H38O4. The summed E-state index contributed by atoms with van der Waals surface area (Å²) in [4.78, 5) is 0. The third kappa shape index (κ3) is 2.57. The summed E-state index contributed by atoms with van der Waals surface area (Å²) in [7, 11) is 1.84. The van der Waals surface area contributed by atoms with Crippen LogP contribution in [0.2, 0.25) is 0 Å². The van der Waals surface area contributed by atoms with E-state index >= 15 is 0 Å². The number of aliphatic hydroxyl groups excluding tert-OH is 1. The molecule has 3 saturated carbocycles. The molecule has 8 atom stereocenters. The Labute approximate surface area is 170 Å². The first-order valence-electron chi connectivity index (χ1n) is 11.5. The maximum absolute atomic E-state index is 11.5. The average molecular weight is 391 g/mol.